The molecule has 1 saturated heterocycles. The predicted molar refractivity (Wildman–Crippen MR) is 128 cm³/mol. The van der Waals surface area contributed by atoms with E-state index in [0.29, 0.717) is 17.8 Å². The van der Waals surface area contributed by atoms with Gasteiger partial charge in [-0.05, 0) is 43.0 Å². The number of halogens is 4. The van der Waals surface area contributed by atoms with Crippen LogP contribution in [-0.4, -0.2) is 36.7 Å². The van der Waals surface area contributed by atoms with Crippen molar-refractivity contribution in [3.05, 3.63) is 59.8 Å². The lowest BCUT2D eigenvalue weighted by molar-refractivity contribution is 0.406. The second-order valence-electron chi connectivity index (χ2n) is 6.64. The van der Waals surface area contributed by atoms with Gasteiger partial charge in [0.15, 0.2) is 0 Å². The van der Waals surface area contributed by atoms with E-state index >= 15 is 0 Å². The Balaban J connectivity index is 0. The Labute approximate surface area is 192 Å². The van der Waals surface area contributed by atoms with Crippen LogP contribution in [0.25, 0.3) is 0 Å². The van der Waals surface area contributed by atoms with E-state index in [1.807, 2.05) is 24.3 Å². The number of anilines is 1. The lowest BCUT2D eigenvalue weighted by atomic mass is 9.97. The molecule has 28 heavy (non-hydrogen) atoms. The van der Waals surface area contributed by atoms with Gasteiger partial charge in [-0.3, -0.25) is 0 Å². The summed E-state index contributed by atoms with van der Waals surface area (Å²) in [5.74, 6) is 1.11. The third kappa shape index (κ3) is 9.14. The zero-order valence-corrected chi connectivity index (χ0v) is 18.9. The summed E-state index contributed by atoms with van der Waals surface area (Å²) in [6.07, 6.45) is 1.83. The minimum atomic E-state index is 0. The molecule has 1 aromatic carbocycles. The van der Waals surface area contributed by atoms with Crippen LogP contribution < -0.4 is 22.1 Å². The first-order valence-electron chi connectivity index (χ1n) is 8.65. The molecule has 160 valence electrons. The first-order valence-corrected chi connectivity index (χ1v) is 8.65. The number of nitrogen functional groups attached to an aromatic ring is 1. The summed E-state index contributed by atoms with van der Waals surface area (Å²) in [7, 11) is 0. The van der Waals surface area contributed by atoms with Crippen LogP contribution in [0, 0.1) is 5.92 Å². The number of hydrogen-bond donors (Lipinski definition) is 4. The number of nitrogens with zero attached hydrogens (tertiary/aromatic N) is 1. The van der Waals surface area contributed by atoms with Crippen molar-refractivity contribution in [3.63, 3.8) is 0 Å². The van der Waals surface area contributed by atoms with E-state index in [2.05, 4.69) is 39.9 Å². The molecule has 9 heteroatoms. The summed E-state index contributed by atoms with van der Waals surface area (Å²) in [6, 6.07) is 16.8. The highest BCUT2D eigenvalue weighted by atomic mass is 35.5. The molecular formula is C19H31Cl4N5. The highest BCUT2D eigenvalue weighted by Gasteiger charge is 2.27. The largest absolute Gasteiger partial charge is 0.384 e. The second kappa shape index (κ2) is 15.1. The second-order valence-corrected chi connectivity index (χ2v) is 6.64. The third-order valence-electron chi connectivity index (χ3n) is 4.62. The lowest BCUT2D eigenvalue weighted by Gasteiger charge is -2.22. The Kier molecular flexibility index (Phi) is 15.9. The van der Waals surface area contributed by atoms with Crippen molar-refractivity contribution in [2.45, 2.75) is 24.9 Å². The fraction of sp³-hybridized carbons (Fsp3) is 0.421. The van der Waals surface area contributed by atoms with E-state index < -0.39 is 0 Å². The minimum absolute atomic E-state index is 0. The Morgan fingerprint density at radius 1 is 1.00 bits per heavy atom. The lowest BCUT2D eigenvalue weighted by Crippen LogP contribution is -2.44. The molecule has 5 nitrogen and oxygen atoms in total. The summed E-state index contributed by atoms with van der Waals surface area (Å²) in [4.78, 5) is 4.42. The quantitative estimate of drug-likeness (QED) is 0.499. The first-order chi connectivity index (χ1) is 11.7. The van der Waals surface area contributed by atoms with Gasteiger partial charge < -0.3 is 22.1 Å². The summed E-state index contributed by atoms with van der Waals surface area (Å²) in [5, 5.41) is 7.11. The molecule has 0 radical (unpaired) electrons. The van der Waals surface area contributed by atoms with Crippen molar-refractivity contribution in [1.29, 1.82) is 0 Å². The van der Waals surface area contributed by atoms with Crippen molar-refractivity contribution in [3.8, 4) is 0 Å². The van der Waals surface area contributed by atoms with Crippen molar-refractivity contribution in [2.75, 3.05) is 25.4 Å². The molecule has 0 saturated carbocycles. The average molecular weight is 471 g/mol. The van der Waals surface area contributed by atoms with E-state index in [1.165, 1.54) is 5.56 Å². The van der Waals surface area contributed by atoms with Gasteiger partial charge in [-0.15, -0.1) is 49.6 Å². The highest BCUT2D eigenvalue weighted by molar-refractivity contribution is 5.86. The van der Waals surface area contributed by atoms with Gasteiger partial charge in [0.2, 0.25) is 0 Å². The standard InChI is InChI=1S/C19H27N5.4ClH/c20-16(9-14-5-2-1-3-6-14)12-23-18-13-22-11-15(18)10-17-7-4-8-19(21)24-17;;;;/h1-8,15-16,18,22-23H,9-13,20H2,(H2,21,24);4*1H/t15?,16-,18?;;;;/m1..../s1. The van der Waals surface area contributed by atoms with Crippen molar-refractivity contribution < 1.29 is 0 Å². The van der Waals surface area contributed by atoms with Gasteiger partial charge in [-0.2, -0.15) is 0 Å². The van der Waals surface area contributed by atoms with E-state index in [9.17, 15) is 0 Å². The summed E-state index contributed by atoms with van der Waals surface area (Å²) in [5.41, 5.74) is 14.4. The van der Waals surface area contributed by atoms with E-state index in [0.717, 1.165) is 38.2 Å². The maximum atomic E-state index is 6.29. The highest BCUT2D eigenvalue weighted by Crippen LogP contribution is 2.16. The fourth-order valence-electron chi connectivity index (χ4n) is 3.36. The van der Waals surface area contributed by atoms with E-state index in [-0.39, 0.29) is 55.7 Å². The van der Waals surface area contributed by atoms with Crippen LogP contribution in [0.3, 0.4) is 0 Å². The van der Waals surface area contributed by atoms with Gasteiger partial charge >= 0.3 is 0 Å². The monoisotopic (exact) mass is 469 g/mol. The van der Waals surface area contributed by atoms with Crippen LogP contribution in [0.2, 0.25) is 0 Å². The SMILES string of the molecule is Cl.Cl.Cl.Cl.Nc1cccc(CC2CNCC2NC[C@H](N)Cc2ccccc2)n1. The minimum Gasteiger partial charge on any atom is -0.384 e. The Morgan fingerprint density at radius 3 is 2.39 bits per heavy atom. The number of pyridine rings is 1. The number of benzene rings is 1. The van der Waals surface area contributed by atoms with Crippen LogP contribution >= 0.6 is 49.6 Å². The average Bonchev–Trinajstić information content (AvgIpc) is 3.01. The van der Waals surface area contributed by atoms with Gasteiger partial charge in [0, 0.05) is 30.9 Å². The van der Waals surface area contributed by atoms with Gasteiger partial charge in [0.25, 0.3) is 0 Å². The molecule has 3 atom stereocenters. The first kappa shape index (κ1) is 29.4. The van der Waals surface area contributed by atoms with Gasteiger partial charge in [-0.1, -0.05) is 36.4 Å². The molecular weight excluding hydrogens is 440 g/mol. The molecule has 0 bridgehead atoms. The number of hydrogen-bond acceptors (Lipinski definition) is 5. The predicted octanol–water partition coefficient (Wildman–Crippen LogP) is 2.64. The molecule has 6 N–H and O–H groups in total. The zero-order valence-electron chi connectivity index (χ0n) is 15.6. The van der Waals surface area contributed by atoms with Crippen molar-refractivity contribution >= 4 is 55.4 Å². The molecule has 0 spiro atoms. The van der Waals surface area contributed by atoms with Crippen LogP contribution in [0.1, 0.15) is 11.3 Å². The molecule has 1 fully saturated rings. The molecule has 1 aliphatic heterocycles. The molecule has 0 amide bonds. The maximum absolute atomic E-state index is 6.29. The zero-order chi connectivity index (χ0) is 16.8. The Morgan fingerprint density at radius 2 is 1.71 bits per heavy atom. The van der Waals surface area contributed by atoms with Gasteiger partial charge in [-0.25, -0.2) is 4.98 Å². The number of rotatable bonds is 7. The van der Waals surface area contributed by atoms with E-state index in [4.69, 9.17) is 11.5 Å². The Bertz CT molecular complexity index is 647. The number of aromatic nitrogens is 1. The van der Waals surface area contributed by atoms with E-state index in [1.54, 1.807) is 0 Å². The molecule has 1 aliphatic rings. The Hall–Kier alpha value is -0.790. The van der Waals surface area contributed by atoms with Gasteiger partial charge in [0.05, 0.1) is 0 Å². The molecule has 1 aromatic heterocycles. The molecule has 0 aliphatic carbocycles. The smallest absolute Gasteiger partial charge is 0.123 e. The molecule has 3 rings (SSSR count). The van der Waals surface area contributed by atoms with Crippen molar-refractivity contribution in [1.82, 2.24) is 15.6 Å². The normalized spacial score (nSPS) is 18.6. The van der Waals surface area contributed by atoms with Crippen LogP contribution in [0.15, 0.2) is 48.5 Å². The number of nitrogens with two attached hydrogens (primary N) is 2. The fourth-order valence-corrected chi connectivity index (χ4v) is 3.36. The molecule has 2 heterocycles. The van der Waals surface area contributed by atoms with Gasteiger partial charge in [0.1, 0.15) is 5.82 Å². The molecule has 2 unspecified atom stereocenters. The topological polar surface area (TPSA) is 89.0 Å². The van der Waals surface area contributed by atoms with Crippen LogP contribution in [0.4, 0.5) is 5.82 Å². The third-order valence-corrected chi connectivity index (χ3v) is 4.62. The maximum Gasteiger partial charge on any atom is 0.123 e. The summed E-state index contributed by atoms with van der Waals surface area (Å²) < 4.78 is 0. The summed E-state index contributed by atoms with van der Waals surface area (Å²) in [6.45, 7) is 2.80. The van der Waals surface area contributed by atoms with Crippen LogP contribution in [-0.2, 0) is 12.8 Å². The van der Waals surface area contributed by atoms with Crippen LogP contribution in [0.5, 0.6) is 0 Å². The molecule has 2 aromatic rings. The van der Waals surface area contributed by atoms with Crippen molar-refractivity contribution in [2.24, 2.45) is 11.7 Å². The summed E-state index contributed by atoms with van der Waals surface area (Å²) >= 11 is 0. The number of nitrogens with one attached hydrogen (secondary N) is 2.